The standard InChI is InChI=1S/C23H27N3O4/c1-14(2)11-18(23(29)26-10-4-6-20-21(26)19(27)13-30-20)25-22(28)16-7-8-17-15(12-16)5-3-9-24-17/h3,5,7-9,12,14,18,20-21H,4,6,10-11,13H2,1-2H3,(H,25,28). The first kappa shape index (κ1) is 20.5. The Balaban J connectivity index is 1.55. The van der Waals surface area contributed by atoms with E-state index in [2.05, 4.69) is 10.3 Å². The van der Waals surface area contributed by atoms with Gasteiger partial charge >= 0.3 is 0 Å². The maximum atomic E-state index is 13.4. The lowest BCUT2D eigenvalue weighted by molar-refractivity contribution is -0.142. The topological polar surface area (TPSA) is 88.6 Å². The first-order valence-electron chi connectivity index (χ1n) is 10.5. The molecule has 4 rings (SSSR count). The van der Waals surface area contributed by atoms with Crippen molar-refractivity contribution in [3.63, 3.8) is 0 Å². The van der Waals surface area contributed by atoms with Crippen LogP contribution in [-0.4, -0.2) is 58.8 Å². The fourth-order valence-electron chi connectivity index (χ4n) is 4.39. The second-order valence-corrected chi connectivity index (χ2v) is 8.50. The number of Topliss-reactive ketones (excluding diaryl/α,β-unsaturated/α-hetero) is 1. The highest BCUT2D eigenvalue weighted by molar-refractivity contribution is 6.01. The quantitative estimate of drug-likeness (QED) is 0.819. The van der Waals surface area contributed by atoms with Crippen LogP contribution in [0.3, 0.4) is 0 Å². The number of carbonyl (C=O) groups is 3. The smallest absolute Gasteiger partial charge is 0.251 e. The molecule has 2 amide bonds. The van der Waals surface area contributed by atoms with Crippen molar-refractivity contribution in [2.24, 2.45) is 5.92 Å². The number of nitrogens with one attached hydrogen (secondary N) is 1. The van der Waals surface area contributed by atoms with E-state index in [1.54, 1.807) is 29.3 Å². The van der Waals surface area contributed by atoms with Gasteiger partial charge in [-0.15, -0.1) is 0 Å². The van der Waals surface area contributed by atoms with Gasteiger partial charge < -0.3 is 15.0 Å². The van der Waals surface area contributed by atoms with Gasteiger partial charge in [-0.1, -0.05) is 19.9 Å². The molecule has 0 radical (unpaired) electrons. The minimum Gasteiger partial charge on any atom is -0.368 e. The summed E-state index contributed by atoms with van der Waals surface area (Å²) in [4.78, 5) is 44.6. The van der Waals surface area contributed by atoms with Gasteiger partial charge in [0, 0.05) is 23.7 Å². The molecule has 1 N–H and O–H groups in total. The number of ether oxygens (including phenoxy) is 1. The summed E-state index contributed by atoms with van der Waals surface area (Å²) in [5.41, 5.74) is 1.29. The van der Waals surface area contributed by atoms with Gasteiger partial charge in [0.25, 0.3) is 5.91 Å². The summed E-state index contributed by atoms with van der Waals surface area (Å²) in [5, 5.41) is 3.78. The van der Waals surface area contributed by atoms with E-state index in [0.717, 1.165) is 23.7 Å². The van der Waals surface area contributed by atoms with Gasteiger partial charge in [-0.05, 0) is 49.4 Å². The first-order valence-corrected chi connectivity index (χ1v) is 10.5. The molecule has 2 saturated heterocycles. The molecule has 0 spiro atoms. The second-order valence-electron chi connectivity index (χ2n) is 8.50. The van der Waals surface area contributed by atoms with Crippen LogP contribution in [0.25, 0.3) is 10.9 Å². The monoisotopic (exact) mass is 409 g/mol. The Hall–Kier alpha value is -2.80. The van der Waals surface area contributed by atoms with Gasteiger partial charge in [0.15, 0.2) is 5.78 Å². The molecule has 2 aliphatic heterocycles. The molecular weight excluding hydrogens is 382 g/mol. The molecule has 3 unspecified atom stereocenters. The third-order valence-corrected chi connectivity index (χ3v) is 5.80. The second kappa shape index (κ2) is 8.52. The van der Waals surface area contributed by atoms with Gasteiger partial charge in [0.2, 0.25) is 5.91 Å². The number of ketones is 1. The molecule has 0 aliphatic carbocycles. The summed E-state index contributed by atoms with van der Waals surface area (Å²) in [6, 6.07) is 7.80. The third-order valence-electron chi connectivity index (χ3n) is 5.80. The number of likely N-dealkylation sites (tertiary alicyclic amines) is 1. The lowest BCUT2D eigenvalue weighted by Gasteiger charge is -2.37. The van der Waals surface area contributed by atoms with Crippen LogP contribution in [-0.2, 0) is 14.3 Å². The minimum absolute atomic E-state index is 0.0512. The summed E-state index contributed by atoms with van der Waals surface area (Å²) in [6.45, 7) is 4.60. The predicted octanol–water partition coefficient (Wildman–Crippen LogP) is 2.34. The van der Waals surface area contributed by atoms with Gasteiger partial charge in [0.05, 0.1) is 11.6 Å². The highest BCUT2D eigenvalue weighted by Gasteiger charge is 2.45. The summed E-state index contributed by atoms with van der Waals surface area (Å²) in [6.07, 6.45) is 3.56. The Bertz CT molecular complexity index is 974. The summed E-state index contributed by atoms with van der Waals surface area (Å²) in [5.74, 6) is -0.351. The van der Waals surface area contributed by atoms with E-state index in [1.165, 1.54) is 0 Å². The molecule has 2 aliphatic rings. The van der Waals surface area contributed by atoms with E-state index < -0.39 is 12.1 Å². The maximum absolute atomic E-state index is 13.4. The SMILES string of the molecule is CC(C)CC(NC(=O)c1ccc2ncccc2c1)C(=O)N1CCCC2OCC(=O)C21. The number of hydrogen-bond acceptors (Lipinski definition) is 5. The van der Waals surface area contributed by atoms with Gasteiger partial charge in [-0.25, -0.2) is 0 Å². The summed E-state index contributed by atoms with van der Waals surface area (Å²) in [7, 11) is 0. The number of nitrogens with zero attached hydrogens (tertiary/aromatic N) is 2. The Morgan fingerprint density at radius 1 is 1.30 bits per heavy atom. The summed E-state index contributed by atoms with van der Waals surface area (Å²) < 4.78 is 5.56. The number of piperidine rings is 1. The normalized spacial score (nSPS) is 22.2. The lowest BCUT2D eigenvalue weighted by Crippen LogP contribution is -2.58. The molecule has 30 heavy (non-hydrogen) atoms. The zero-order valence-corrected chi connectivity index (χ0v) is 17.3. The Morgan fingerprint density at radius 3 is 2.93 bits per heavy atom. The van der Waals surface area contributed by atoms with E-state index >= 15 is 0 Å². The molecular formula is C23H27N3O4. The number of carbonyl (C=O) groups excluding carboxylic acids is 3. The fourth-order valence-corrected chi connectivity index (χ4v) is 4.39. The molecule has 0 saturated carbocycles. The Labute approximate surface area is 175 Å². The molecule has 1 aromatic heterocycles. The van der Waals surface area contributed by atoms with Crippen LogP contribution in [0.5, 0.6) is 0 Å². The largest absolute Gasteiger partial charge is 0.368 e. The molecule has 2 aromatic rings. The van der Waals surface area contributed by atoms with E-state index in [1.807, 2.05) is 26.0 Å². The van der Waals surface area contributed by atoms with Crippen molar-refractivity contribution < 1.29 is 19.1 Å². The van der Waals surface area contributed by atoms with Crippen molar-refractivity contribution in [2.45, 2.75) is 51.3 Å². The molecule has 0 bridgehead atoms. The van der Waals surface area contributed by atoms with Crippen LogP contribution < -0.4 is 5.32 Å². The van der Waals surface area contributed by atoms with Crippen molar-refractivity contribution >= 4 is 28.5 Å². The molecule has 3 heterocycles. The average Bonchev–Trinajstić information content (AvgIpc) is 3.13. The molecule has 7 nitrogen and oxygen atoms in total. The number of fused-ring (bicyclic) bond motifs is 2. The molecule has 3 atom stereocenters. The number of aromatic nitrogens is 1. The highest BCUT2D eigenvalue weighted by atomic mass is 16.5. The molecule has 2 fully saturated rings. The first-order chi connectivity index (χ1) is 14.4. The Kier molecular flexibility index (Phi) is 5.81. The van der Waals surface area contributed by atoms with Crippen LogP contribution >= 0.6 is 0 Å². The third kappa shape index (κ3) is 4.07. The molecule has 158 valence electrons. The van der Waals surface area contributed by atoms with Crippen molar-refractivity contribution in [1.82, 2.24) is 15.2 Å². The van der Waals surface area contributed by atoms with Crippen LogP contribution in [0.4, 0.5) is 0 Å². The van der Waals surface area contributed by atoms with E-state index in [0.29, 0.717) is 18.5 Å². The van der Waals surface area contributed by atoms with Crippen LogP contribution in [0, 0.1) is 5.92 Å². The lowest BCUT2D eigenvalue weighted by atomic mass is 9.95. The van der Waals surface area contributed by atoms with Crippen molar-refractivity contribution in [3.8, 4) is 0 Å². The van der Waals surface area contributed by atoms with Crippen LogP contribution in [0.2, 0.25) is 0 Å². The maximum Gasteiger partial charge on any atom is 0.251 e. The van der Waals surface area contributed by atoms with Crippen molar-refractivity contribution in [2.75, 3.05) is 13.2 Å². The molecule has 1 aromatic carbocycles. The average molecular weight is 409 g/mol. The van der Waals surface area contributed by atoms with Gasteiger partial charge in [-0.3, -0.25) is 19.4 Å². The fraction of sp³-hybridized carbons (Fsp3) is 0.478. The predicted molar refractivity (Wildman–Crippen MR) is 112 cm³/mol. The zero-order chi connectivity index (χ0) is 21.3. The molecule has 7 heteroatoms. The zero-order valence-electron chi connectivity index (χ0n) is 17.3. The number of benzene rings is 1. The van der Waals surface area contributed by atoms with Crippen molar-refractivity contribution in [3.05, 3.63) is 42.1 Å². The Morgan fingerprint density at radius 2 is 2.13 bits per heavy atom. The number of pyridine rings is 1. The highest BCUT2D eigenvalue weighted by Crippen LogP contribution is 2.27. The van der Waals surface area contributed by atoms with Crippen LogP contribution in [0.1, 0.15) is 43.5 Å². The number of amides is 2. The summed E-state index contributed by atoms with van der Waals surface area (Å²) >= 11 is 0. The van der Waals surface area contributed by atoms with E-state index in [4.69, 9.17) is 4.74 Å². The minimum atomic E-state index is -0.686. The number of hydrogen-bond donors (Lipinski definition) is 1. The van der Waals surface area contributed by atoms with Crippen LogP contribution in [0.15, 0.2) is 36.5 Å². The van der Waals surface area contributed by atoms with Crippen molar-refractivity contribution in [1.29, 1.82) is 0 Å². The number of rotatable bonds is 5. The van der Waals surface area contributed by atoms with E-state index in [9.17, 15) is 14.4 Å². The van der Waals surface area contributed by atoms with Gasteiger partial charge in [-0.2, -0.15) is 0 Å². The van der Waals surface area contributed by atoms with Gasteiger partial charge in [0.1, 0.15) is 18.7 Å². The van der Waals surface area contributed by atoms with E-state index in [-0.39, 0.29) is 36.2 Å².